The average Bonchev–Trinajstić information content (AvgIpc) is 3.11. The van der Waals surface area contributed by atoms with Crippen molar-refractivity contribution in [1.29, 1.82) is 0 Å². The molecule has 3 heterocycles. The fourth-order valence-electron chi connectivity index (χ4n) is 4.63. The van der Waals surface area contributed by atoms with E-state index in [1.165, 1.54) is 0 Å². The van der Waals surface area contributed by atoms with E-state index in [4.69, 9.17) is 10.7 Å². The van der Waals surface area contributed by atoms with Crippen LogP contribution >= 0.6 is 0 Å². The van der Waals surface area contributed by atoms with Gasteiger partial charge in [-0.3, -0.25) is 4.90 Å². The summed E-state index contributed by atoms with van der Waals surface area (Å²) >= 11 is 0. The van der Waals surface area contributed by atoms with Gasteiger partial charge in [0.05, 0.1) is 24.5 Å². The number of para-hydroxylation sites is 1. The van der Waals surface area contributed by atoms with Gasteiger partial charge in [0, 0.05) is 44.0 Å². The summed E-state index contributed by atoms with van der Waals surface area (Å²) in [5, 5.41) is 27.9. The van der Waals surface area contributed by atoms with Crippen molar-refractivity contribution in [3.8, 4) is 28.8 Å². The van der Waals surface area contributed by atoms with E-state index in [0.29, 0.717) is 36.0 Å². The van der Waals surface area contributed by atoms with Gasteiger partial charge in [-0.15, -0.1) is 10.2 Å². The highest BCUT2D eigenvalue weighted by Gasteiger charge is 2.24. The Labute approximate surface area is 224 Å². The minimum atomic E-state index is 0.120. The lowest BCUT2D eigenvalue weighted by Crippen LogP contribution is -2.35. The molecule has 1 saturated heterocycles. The lowest BCUT2D eigenvalue weighted by Gasteiger charge is -2.28. The monoisotopic (exact) mass is 516 g/mol. The largest absolute Gasteiger partial charge is 0.507 e. The first-order valence-corrected chi connectivity index (χ1v) is 13.1. The zero-order valence-electron chi connectivity index (χ0n) is 22.1. The highest BCUT2D eigenvalue weighted by molar-refractivity contribution is 5.74. The first-order valence-electron chi connectivity index (χ1n) is 13.1. The zero-order valence-corrected chi connectivity index (χ0v) is 22.1. The number of hydrogen-bond acceptors (Lipinski definition) is 10. The second-order valence-electron chi connectivity index (χ2n) is 9.38. The molecular formula is C28H36N8O2. The number of aliphatic hydroxyl groups excluding tert-OH is 1. The second-order valence-corrected chi connectivity index (χ2v) is 9.38. The number of nitrogen functional groups attached to an aromatic ring is 1. The summed E-state index contributed by atoms with van der Waals surface area (Å²) in [5.41, 5.74) is 8.26. The van der Waals surface area contributed by atoms with Gasteiger partial charge in [-0.1, -0.05) is 25.0 Å². The number of rotatable bonds is 8. The summed E-state index contributed by atoms with van der Waals surface area (Å²) < 4.78 is 0. The van der Waals surface area contributed by atoms with Crippen LogP contribution in [-0.2, 0) is 0 Å². The van der Waals surface area contributed by atoms with Gasteiger partial charge in [0.2, 0.25) is 5.82 Å². The molecule has 0 bridgehead atoms. The van der Waals surface area contributed by atoms with Crippen molar-refractivity contribution in [2.24, 2.45) is 0 Å². The van der Waals surface area contributed by atoms with Crippen LogP contribution in [0.2, 0.25) is 0 Å². The molecule has 1 atom stereocenters. The van der Waals surface area contributed by atoms with E-state index in [-0.39, 0.29) is 18.4 Å². The molecule has 0 amide bonds. The fraction of sp³-hybridized carbons (Fsp3) is 0.429. The molecule has 4 rings (SSSR count). The maximum Gasteiger partial charge on any atom is 0.206 e. The quantitative estimate of drug-likeness (QED) is 0.384. The summed E-state index contributed by atoms with van der Waals surface area (Å²) in [6.45, 7) is 8.74. The smallest absolute Gasteiger partial charge is 0.206 e. The third kappa shape index (κ3) is 6.68. The number of benzene rings is 1. The number of phenols is 1. The highest BCUT2D eigenvalue weighted by atomic mass is 16.3. The molecule has 0 spiro atoms. The summed E-state index contributed by atoms with van der Waals surface area (Å²) in [6, 6.07) is 11.1. The Morgan fingerprint density at radius 1 is 1.13 bits per heavy atom. The van der Waals surface area contributed by atoms with Gasteiger partial charge in [-0.05, 0) is 56.5 Å². The molecule has 0 radical (unpaired) electrons. The first kappa shape index (κ1) is 27.1. The minimum absolute atomic E-state index is 0.120. The number of nitrogens with zero attached hydrogens (tertiary/aromatic N) is 7. The van der Waals surface area contributed by atoms with E-state index in [9.17, 15) is 10.2 Å². The first-order chi connectivity index (χ1) is 18.5. The lowest BCUT2D eigenvalue weighted by molar-refractivity contribution is 0.210. The molecule has 0 unspecified atom stereocenters. The standard InChI is InChI=1S/C28H36N8O2/c1-3-13-34(18-19-37)14-6-9-26-30-12-10-27(31-26)36-17-16-35(15-11-21(36)2)24-20-23(32-33-28(24)29)22-7-4-5-8-25(22)38/h4-5,7-8,10,12,20-21,37-38H,3,11,13-19H2,1-2H3,(H2,29,33)/t21-/m1/s1. The van der Waals surface area contributed by atoms with Crippen LogP contribution in [0.1, 0.15) is 32.5 Å². The number of nitrogens with two attached hydrogens (primary N) is 1. The summed E-state index contributed by atoms with van der Waals surface area (Å²) in [4.78, 5) is 15.7. The zero-order chi connectivity index (χ0) is 26.9. The molecule has 1 aromatic carbocycles. The molecule has 10 nitrogen and oxygen atoms in total. The van der Waals surface area contributed by atoms with Crippen molar-refractivity contribution in [3.63, 3.8) is 0 Å². The Morgan fingerprint density at radius 2 is 1.97 bits per heavy atom. The Kier molecular flexibility index (Phi) is 9.30. The van der Waals surface area contributed by atoms with E-state index in [0.717, 1.165) is 50.5 Å². The van der Waals surface area contributed by atoms with Crippen LogP contribution in [0.4, 0.5) is 17.3 Å². The van der Waals surface area contributed by atoms with E-state index < -0.39 is 0 Å². The number of anilines is 3. The molecule has 3 aromatic rings. The van der Waals surface area contributed by atoms with Crippen molar-refractivity contribution in [3.05, 3.63) is 48.4 Å². The SMILES string of the molecule is CCCN(CC#Cc1nccc(N2CCN(c3cc(-c4ccccc4O)nnc3N)CC[C@H]2C)n1)CCO. The molecule has 10 heteroatoms. The normalized spacial score (nSPS) is 15.7. The molecule has 1 aliphatic rings. The molecule has 0 saturated carbocycles. The third-order valence-electron chi connectivity index (χ3n) is 6.68. The maximum absolute atomic E-state index is 10.3. The van der Waals surface area contributed by atoms with Gasteiger partial charge < -0.3 is 25.7 Å². The predicted octanol–water partition coefficient (Wildman–Crippen LogP) is 2.38. The van der Waals surface area contributed by atoms with E-state index >= 15 is 0 Å². The van der Waals surface area contributed by atoms with E-state index in [1.807, 2.05) is 24.3 Å². The van der Waals surface area contributed by atoms with Gasteiger partial charge in [0.1, 0.15) is 11.6 Å². The minimum Gasteiger partial charge on any atom is -0.507 e. The molecule has 1 aliphatic heterocycles. The van der Waals surface area contributed by atoms with Crippen LogP contribution in [0.25, 0.3) is 11.3 Å². The van der Waals surface area contributed by atoms with Gasteiger partial charge in [-0.2, -0.15) is 0 Å². The summed E-state index contributed by atoms with van der Waals surface area (Å²) in [6.07, 6.45) is 3.66. The number of aromatic nitrogens is 4. The molecule has 38 heavy (non-hydrogen) atoms. The predicted molar refractivity (Wildman–Crippen MR) is 150 cm³/mol. The fourth-order valence-corrected chi connectivity index (χ4v) is 4.63. The van der Waals surface area contributed by atoms with E-state index in [1.54, 1.807) is 18.3 Å². The molecule has 4 N–H and O–H groups in total. The highest BCUT2D eigenvalue weighted by Crippen LogP contribution is 2.32. The van der Waals surface area contributed by atoms with Crippen LogP contribution < -0.4 is 15.5 Å². The number of phenolic OH excluding ortho intramolecular Hbond substituents is 1. The Balaban J connectivity index is 1.49. The molecule has 0 aliphatic carbocycles. The van der Waals surface area contributed by atoms with Gasteiger partial charge >= 0.3 is 0 Å². The maximum atomic E-state index is 10.3. The Hall–Kier alpha value is -3.94. The van der Waals surface area contributed by atoms with E-state index in [2.05, 4.69) is 55.6 Å². The van der Waals surface area contributed by atoms with Crippen molar-refractivity contribution < 1.29 is 10.2 Å². The molecule has 1 fully saturated rings. The third-order valence-corrected chi connectivity index (χ3v) is 6.68. The molecule has 2 aromatic heterocycles. The topological polar surface area (TPSA) is 128 Å². The van der Waals surface area contributed by atoms with Crippen LogP contribution in [0.5, 0.6) is 5.75 Å². The second kappa shape index (κ2) is 13.0. The molecule has 200 valence electrons. The summed E-state index contributed by atoms with van der Waals surface area (Å²) in [5.74, 6) is 8.09. The van der Waals surface area contributed by atoms with Crippen molar-refractivity contribution in [1.82, 2.24) is 25.1 Å². The number of aliphatic hydroxyl groups is 1. The van der Waals surface area contributed by atoms with Gasteiger partial charge in [0.25, 0.3) is 0 Å². The Morgan fingerprint density at radius 3 is 2.76 bits per heavy atom. The van der Waals surface area contributed by atoms with Crippen LogP contribution in [0.3, 0.4) is 0 Å². The van der Waals surface area contributed by atoms with Crippen LogP contribution in [0.15, 0.2) is 42.6 Å². The number of aromatic hydroxyl groups is 1. The van der Waals surface area contributed by atoms with Crippen molar-refractivity contribution in [2.45, 2.75) is 32.7 Å². The van der Waals surface area contributed by atoms with Crippen molar-refractivity contribution >= 4 is 17.3 Å². The Bertz CT molecular complexity index is 1270. The summed E-state index contributed by atoms with van der Waals surface area (Å²) in [7, 11) is 0. The molecular weight excluding hydrogens is 480 g/mol. The average molecular weight is 517 g/mol. The van der Waals surface area contributed by atoms with Crippen LogP contribution in [0, 0.1) is 11.8 Å². The number of hydrogen-bond donors (Lipinski definition) is 3. The lowest BCUT2D eigenvalue weighted by atomic mass is 10.1. The van der Waals surface area contributed by atoms with Gasteiger partial charge in [0.15, 0.2) is 5.82 Å². The van der Waals surface area contributed by atoms with Crippen LogP contribution in [-0.4, -0.2) is 87.2 Å². The van der Waals surface area contributed by atoms with Crippen molar-refractivity contribution in [2.75, 3.05) is 61.4 Å². The van der Waals surface area contributed by atoms with Gasteiger partial charge in [-0.25, -0.2) is 9.97 Å².